The van der Waals surface area contributed by atoms with E-state index in [2.05, 4.69) is 27.4 Å². The second-order valence-electron chi connectivity index (χ2n) is 4.73. The highest BCUT2D eigenvalue weighted by Gasteiger charge is 2.21. The number of para-hydroxylation sites is 1. The minimum atomic E-state index is 0.234. The Morgan fingerprint density at radius 3 is 3.15 bits per heavy atom. The van der Waals surface area contributed by atoms with Gasteiger partial charge in [0.25, 0.3) is 0 Å². The van der Waals surface area contributed by atoms with Crippen molar-refractivity contribution in [2.75, 3.05) is 11.9 Å². The van der Waals surface area contributed by atoms with Gasteiger partial charge in [0.1, 0.15) is 22.7 Å². The Hall–Kier alpha value is -2.14. The smallest absolute Gasteiger partial charge is 0.138 e. The number of ether oxygens (including phenoxy) is 1. The number of rotatable bonds is 2. The van der Waals surface area contributed by atoms with E-state index >= 15 is 0 Å². The van der Waals surface area contributed by atoms with E-state index in [1.165, 1.54) is 5.56 Å². The predicted octanol–water partition coefficient (Wildman–Crippen LogP) is 3.63. The Labute approximate surface area is 120 Å². The van der Waals surface area contributed by atoms with Crippen LogP contribution >= 0.6 is 11.3 Å². The highest BCUT2D eigenvalue weighted by atomic mass is 32.1. The Morgan fingerprint density at radius 1 is 1.20 bits per heavy atom. The molecule has 3 heterocycles. The van der Waals surface area contributed by atoms with Gasteiger partial charge in [0.2, 0.25) is 0 Å². The van der Waals surface area contributed by atoms with Crippen molar-refractivity contribution in [3.8, 4) is 5.75 Å². The summed E-state index contributed by atoms with van der Waals surface area (Å²) in [6.07, 6.45) is 2.55. The molecule has 2 aromatic heterocycles. The third-order valence-electron chi connectivity index (χ3n) is 3.53. The normalized spacial score (nSPS) is 17.5. The molecule has 20 heavy (non-hydrogen) atoms. The van der Waals surface area contributed by atoms with Crippen LogP contribution < -0.4 is 10.1 Å². The van der Waals surface area contributed by atoms with Crippen molar-refractivity contribution in [2.45, 2.75) is 12.5 Å². The minimum Gasteiger partial charge on any atom is -0.493 e. The summed E-state index contributed by atoms with van der Waals surface area (Å²) in [7, 11) is 0. The van der Waals surface area contributed by atoms with Crippen molar-refractivity contribution in [3.05, 3.63) is 47.6 Å². The van der Waals surface area contributed by atoms with Crippen LogP contribution in [0, 0.1) is 0 Å². The first-order chi connectivity index (χ1) is 9.92. The number of thiophene rings is 1. The molecule has 0 amide bonds. The predicted molar refractivity (Wildman–Crippen MR) is 80.3 cm³/mol. The minimum absolute atomic E-state index is 0.234. The molecule has 4 rings (SSSR count). The quantitative estimate of drug-likeness (QED) is 0.780. The number of nitrogens with zero attached hydrogens (tertiary/aromatic N) is 2. The van der Waals surface area contributed by atoms with Gasteiger partial charge in [-0.2, -0.15) is 0 Å². The van der Waals surface area contributed by atoms with Crippen LogP contribution in [0.25, 0.3) is 10.2 Å². The molecule has 0 fully saturated rings. The van der Waals surface area contributed by atoms with Gasteiger partial charge in [-0.15, -0.1) is 11.3 Å². The van der Waals surface area contributed by atoms with Crippen molar-refractivity contribution in [1.29, 1.82) is 0 Å². The number of hydrogen-bond donors (Lipinski definition) is 1. The second kappa shape index (κ2) is 4.76. The Balaban J connectivity index is 1.72. The maximum absolute atomic E-state index is 5.69. The van der Waals surface area contributed by atoms with Gasteiger partial charge < -0.3 is 10.1 Å². The zero-order valence-corrected chi connectivity index (χ0v) is 11.6. The number of benzene rings is 1. The summed E-state index contributed by atoms with van der Waals surface area (Å²) in [5.41, 5.74) is 1.20. The third kappa shape index (κ3) is 1.91. The van der Waals surface area contributed by atoms with Gasteiger partial charge in [0.15, 0.2) is 0 Å². The lowest BCUT2D eigenvalue weighted by Crippen LogP contribution is -2.20. The number of hydrogen-bond acceptors (Lipinski definition) is 5. The molecule has 0 spiro atoms. The molecule has 0 radical (unpaired) electrons. The monoisotopic (exact) mass is 283 g/mol. The van der Waals surface area contributed by atoms with Crippen LogP contribution in [0.2, 0.25) is 0 Å². The molecule has 3 aromatic rings. The van der Waals surface area contributed by atoms with E-state index in [0.29, 0.717) is 0 Å². The van der Waals surface area contributed by atoms with E-state index in [0.717, 1.165) is 34.8 Å². The molecule has 4 nitrogen and oxygen atoms in total. The first-order valence-corrected chi connectivity index (χ1v) is 7.46. The van der Waals surface area contributed by atoms with Crippen LogP contribution in [0.5, 0.6) is 5.75 Å². The summed E-state index contributed by atoms with van der Waals surface area (Å²) >= 11 is 1.63. The van der Waals surface area contributed by atoms with Gasteiger partial charge in [-0.1, -0.05) is 18.2 Å². The summed E-state index contributed by atoms with van der Waals surface area (Å²) < 4.78 is 5.69. The molecule has 1 N–H and O–H groups in total. The molecule has 0 saturated carbocycles. The van der Waals surface area contributed by atoms with Crippen molar-refractivity contribution in [3.63, 3.8) is 0 Å². The summed E-state index contributed by atoms with van der Waals surface area (Å²) in [5.74, 6) is 1.87. The van der Waals surface area contributed by atoms with E-state index in [1.807, 2.05) is 23.6 Å². The molecular weight excluding hydrogens is 270 g/mol. The molecule has 1 aliphatic heterocycles. The van der Waals surface area contributed by atoms with Gasteiger partial charge in [-0.05, 0) is 17.5 Å². The molecule has 100 valence electrons. The first-order valence-electron chi connectivity index (χ1n) is 6.58. The number of nitrogens with one attached hydrogen (secondary N) is 1. The van der Waals surface area contributed by atoms with Crippen molar-refractivity contribution < 1.29 is 4.74 Å². The molecule has 0 saturated heterocycles. The van der Waals surface area contributed by atoms with E-state index in [-0.39, 0.29) is 6.04 Å². The fraction of sp³-hybridized carbons (Fsp3) is 0.200. The van der Waals surface area contributed by atoms with Crippen LogP contribution in [0.15, 0.2) is 42.0 Å². The first kappa shape index (κ1) is 11.7. The zero-order chi connectivity index (χ0) is 13.4. The van der Waals surface area contributed by atoms with E-state index in [4.69, 9.17) is 4.74 Å². The maximum Gasteiger partial charge on any atom is 0.138 e. The molecule has 1 unspecified atom stereocenters. The molecule has 0 bridgehead atoms. The highest BCUT2D eigenvalue weighted by Crippen LogP contribution is 2.35. The topological polar surface area (TPSA) is 47.0 Å². The van der Waals surface area contributed by atoms with Gasteiger partial charge in [0.05, 0.1) is 18.0 Å². The number of anilines is 1. The highest BCUT2D eigenvalue weighted by molar-refractivity contribution is 7.16. The average molecular weight is 283 g/mol. The Kier molecular flexibility index (Phi) is 2.77. The van der Waals surface area contributed by atoms with Crippen LogP contribution in [0.4, 0.5) is 5.82 Å². The summed E-state index contributed by atoms with van der Waals surface area (Å²) in [6.45, 7) is 0.729. The van der Waals surface area contributed by atoms with Crippen molar-refractivity contribution in [2.24, 2.45) is 0 Å². The fourth-order valence-electron chi connectivity index (χ4n) is 2.56. The SMILES string of the molecule is c1ccc2c(c1)OCCC2Nc1ncnc2sccc12. The second-order valence-corrected chi connectivity index (χ2v) is 5.63. The number of aromatic nitrogens is 2. The van der Waals surface area contributed by atoms with Crippen molar-refractivity contribution >= 4 is 27.4 Å². The number of fused-ring (bicyclic) bond motifs is 2. The standard InChI is InChI=1S/C15H13N3OS/c1-2-4-13-10(3-1)12(5-7-19-13)18-14-11-6-8-20-15(11)17-9-16-14/h1-4,6,8-9,12H,5,7H2,(H,16,17,18). The summed E-state index contributed by atoms with van der Waals surface area (Å²) in [5, 5.41) is 6.67. The summed E-state index contributed by atoms with van der Waals surface area (Å²) in [4.78, 5) is 9.69. The molecule has 5 heteroatoms. The van der Waals surface area contributed by atoms with Crippen LogP contribution in [0.3, 0.4) is 0 Å². The third-order valence-corrected chi connectivity index (χ3v) is 4.35. The largest absolute Gasteiger partial charge is 0.493 e. The molecule has 1 atom stereocenters. The van der Waals surface area contributed by atoms with Gasteiger partial charge >= 0.3 is 0 Å². The molecule has 0 aliphatic carbocycles. The van der Waals surface area contributed by atoms with E-state index < -0.39 is 0 Å². The molecule has 1 aromatic carbocycles. The lowest BCUT2D eigenvalue weighted by atomic mass is 10.0. The lowest BCUT2D eigenvalue weighted by molar-refractivity contribution is 0.274. The fourth-order valence-corrected chi connectivity index (χ4v) is 3.29. The summed E-state index contributed by atoms with van der Waals surface area (Å²) in [6, 6.07) is 10.5. The Morgan fingerprint density at radius 2 is 2.15 bits per heavy atom. The Bertz CT molecular complexity index is 755. The average Bonchev–Trinajstić information content (AvgIpc) is 2.97. The van der Waals surface area contributed by atoms with Gasteiger partial charge in [0, 0.05) is 12.0 Å². The van der Waals surface area contributed by atoms with E-state index in [9.17, 15) is 0 Å². The van der Waals surface area contributed by atoms with Crippen LogP contribution in [0.1, 0.15) is 18.0 Å². The zero-order valence-electron chi connectivity index (χ0n) is 10.7. The molecule has 1 aliphatic rings. The van der Waals surface area contributed by atoms with Gasteiger partial charge in [-0.25, -0.2) is 9.97 Å². The lowest BCUT2D eigenvalue weighted by Gasteiger charge is -2.27. The maximum atomic E-state index is 5.69. The molecular formula is C15H13N3OS. The van der Waals surface area contributed by atoms with Crippen LogP contribution in [-0.4, -0.2) is 16.6 Å². The van der Waals surface area contributed by atoms with Crippen LogP contribution in [-0.2, 0) is 0 Å². The van der Waals surface area contributed by atoms with E-state index in [1.54, 1.807) is 17.7 Å². The van der Waals surface area contributed by atoms with Gasteiger partial charge in [-0.3, -0.25) is 0 Å². The van der Waals surface area contributed by atoms with Crippen molar-refractivity contribution in [1.82, 2.24) is 9.97 Å².